The van der Waals surface area contributed by atoms with E-state index in [0.717, 1.165) is 17.8 Å². The Morgan fingerprint density at radius 3 is 2.14 bits per heavy atom. The molecule has 1 saturated heterocycles. The minimum absolute atomic E-state index is 0.341. The summed E-state index contributed by atoms with van der Waals surface area (Å²) in [5, 5.41) is 7.45. The standard InChI is InChI=1S/C20H32N2/c1-3-4-16-7-11-17(12-8-16)19-13-21-20(22-14-19)18-9-5-15(2)6-10-18/h5-6,9-10,16-17,19-22H,3-4,7-8,11-14H2,1-2H3. The van der Waals surface area contributed by atoms with Gasteiger partial charge >= 0.3 is 0 Å². The molecule has 1 aliphatic heterocycles. The van der Waals surface area contributed by atoms with E-state index in [0.29, 0.717) is 6.17 Å². The lowest BCUT2D eigenvalue weighted by Gasteiger charge is -2.39. The molecule has 2 heteroatoms. The van der Waals surface area contributed by atoms with Gasteiger partial charge in [0.1, 0.15) is 0 Å². The summed E-state index contributed by atoms with van der Waals surface area (Å²) < 4.78 is 0. The summed E-state index contributed by atoms with van der Waals surface area (Å²) in [6, 6.07) is 8.91. The number of benzene rings is 1. The smallest absolute Gasteiger partial charge is 0.0835 e. The number of nitrogens with one attached hydrogen (secondary N) is 2. The van der Waals surface area contributed by atoms with Gasteiger partial charge in [-0.25, -0.2) is 0 Å². The van der Waals surface area contributed by atoms with Crippen LogP contribution in [0.1, 0.15) is 62.7 Å². The van der Waals surface area contributed by atoms with Crippen molar-refractivity contribution in [2.75, 3.05) is 13.1 Å². The van der Waals surface area contributed by atoms with Crippen molar-refractivity contribution < 1.29 is 0 Å². The number of hydrogen-bond donors (Lipinski definition) is 2. The van der Waals surface area contributed by atoms with E-state index in [4.69, 9.17) is 0 Å². The van der Waals surface area contributed by atoms with Gasteiger partial charge in [-0.05, 0) is 43.1 Å². The lowest BCUT2D eigenvalue weighted by atomic mass is 9.74. The summed E-state index contributed by atoms with van der Waals surface area (Å²) >= 11 is 0. The van der Waals surface area contributed by atoms with Crippen LogP contribution in [0.4, 0.5) is 0 Å². The number of rotatable bonds is 4. The maximum Gasteiger partial charge on any atom is 0.0835 e. The van der Waals surface area contributed by atoms with Gasteiger partial charge in [0, 0.05) is 13.1 Å². The largest absolute Gasteiger partial charge is 0.298 e. The van der Waals surface area contributed by atoms with Gasteiger partial charge in [-0.3, -0.25) is 10.6 Å². The second kappa shape index (κ2) is 7.61. The molecule has 22 heavy (non-hydrogen) atoms. The lowest BCUT2D eigenvalue weighted by molar-refractivity contribution is 0.159. The zero-order valence-corrected chi connectivity index (χ0v) is 14.3. The summed E-state index contributed by atoms with van der Waals surface area (Å²) in [5.74, 6) is 2.78. The molecule has 1 aromatic rings. The molecule has 0 bridgehead atoms. The molecule has 0 atom stereocenters. The fourth-order valence-corrected chi connectivity index (χ4v) is 4.37. The summed E-state index contributed by atoms with van der Waals surface area (Å²) in [4.78, 5) is 0. The molecule has 0 amide bonds. The van der Waals surface area contributed by atoms with E-state index >= 15 is 0 Å². The van der Waals surface area contributed by atoms with Crippen LogP contribution >= 0.6 is 0 Å². The number of hydrogen-bond acceptors (Lipinski definition) is 2. The Balaban J connectivity index is 1.47. The quantitative estimate of drug-likeness (QED) is 0.860. The van der Waals surface area contributed by atoms with Crippen molar-refractivity contribution in [3.05, 3.63) is 35.4 Å². The summed E-state index contributed by atoms with van der Waals surface area (Å²) in [6.07, 6.45) is 8.99. The van der Waals surface area contributed by atoms with E-state index in [2.05, 4.69) is 48.7 Å². The van der Waals surface area contributed by atoms with Gasteiger partial charge in [0.05, 0.1) is 6.17 Å². The summed E-state index contributed by atoms with van der Waals surface area (Å²) in [6.45, 7) is 6.83. The molecule has 1 aromatic carbocycles. The maximum atomic E-state index is 3.73. The van der Waals surface area contributed by atoms with Crippen LogP contribution in [0.5, 0.6) is 0 Å². The lowest BCUT2D eigenvalue weighted by Crippen LogP contribution is -2.49. The van der Waals surface area contributed by atoms with Gasteiger partial charge in [-0.15, -0.1) is 0 Å². The van der Waals surface area contributed by atoms with Gasteiger partial charge in [0.25, 0.3) is 0 Å². The van der Waals surface area contributed by atoms with E-state index in [1.807, 2.05) is 0 Å². The van der Waals surface area contributed by atoms with Crippen LogP contribution in [-0.4, -0.2) is 13.1 Å². The highest BCUT2D eigenvalue weighted by molar-refractivity contribution is 5.24. The first-order chi connectivity index (χ1) is 10.8. The fraction of sp³-hybridized carbons (Fsp3) is 0.700. The molecule has 122 valence electrons. The summed E-state index contributed by atoms with van der Waals surface area (Å²) in [5.41, 5.74) is 2.71. The highest BCUT2D eigenvalue weighted by atomic mass is 15.2. The van der Waals surface area contributed by atoms with Gasteiger partial charge in [0.2, 0.25) is 0 Å². The molecule has 0 spiro atoms. The van der Waals surface area contributed by atoms with Crippen molar-refractivity contribution in [3.8, 4) is 0 Å². The van der Waals surface area contributed by atoms with Crippen molar-refractivity contribution in [2.24, 2.45) is 17.8 Å². The predicted octanol–water partition coefficient (Wildman–Crippen LogP) is 4.41. The van der Waals surface area contributed by atoms with Crippen LogP contribution in [0.3, 0.4) is 0 Å². The first kappa shape index (κ1) is 16.0. The molecule has 2 nitrogen and oxygen atoms in total. The molecule has 3 rings (SSSR count). The highest BCUT2D eigenvalue weighted by Gasteiger charge is 2.30. The molecule has 2 aliphatic rings. The first-order valence-electron chi connectivity index (χ1n) is 9.29. The van der Waals surface area contributed by atoms with Gasteiger partial charge in [0.15, 0.2) is 0 Å². The SMILES string of the molecule is CCCC1CCC(C2CNC(c3ccc(C)cc3)NC2)CC1. The Kier molecular flexibility index (Phi) is 5.54. The molecule has 0 unspecified atom stereocenters. The normalized spacial score (nSPS) is 32.8. The molecule has 2 N–H and O–H groups in total. The minimum Gasteiger partial charge on any atom is -0.298 e. The molecule has 0 radical (unpaired) electrons. The van der Waals surface area contributed by atoms with Crippen LogP contribution in [0, 0.1) is 24.7 Å². The molecule has 0 aromatic heterocycles. The Labute approximate surface area is 136 Å². The van der Waals surface area contributed by atoms with Crippen molar-refractivity contribution in [1.82, 2.24) is 10.6 Å². The Morgan fingerprint density at radius 2 is 1.55 bits per heavy atom. The van der Waals surface area contributed by atoms with Crippen LogP contribution in [-0.2, 0) is 0 Å². The third-order valence-corrected chi connectivity index (χ3v) is 5.83. The zero-order chi connectivity index (χ0) is 15.4. The zero-order valence-electron chi connectivity index (χ0n) is 14.3. The first-order valence-corrected chi connectivity index (χ1v) is 9.29. The highest BCUT2D eigenvalue weighted by Crippen LogP contribution is 2.36. The number of aryl methyl sites for hydroxylation is 1. The van der Waals surface area contributed by atoms with E-state index in [1.54, 1.807) is 0 Å². The van der Waals surface area contributed by atoms with Crippen molar-refractivity contribution in [1.29, 1.82) is 0 Å². The van der Waals surface area contributed by atoms with E-state index in [-0.39, 0.29) is 0 Å². The third-order valence-electron chi connectivity index (χ3n) is 5.83. The van der Waals surface area contributed by atoms with Crippen molar-refractivity contribution in [3.63, 3.8) is 0 Å². The topological polar surface area (TPSA) is 24.1 Å². The second-order valence-electron chi connectivity index (χ2n) is 7.49. The molecule has 1 saturated carbocycles. The van der Waals surface area contributed by atoms with E-state index in [1.165, 1.54) is 62.7 Å². The van der Waals surface area contributed by atoms with Crippen LogP contribution in [0.2, 0.25) is 0 Å². The molecular formula is C20H32N2. The Bertz CT molecular complexity index is 437. The third kappa shape index (κ3) is 3.91. The average molecular weight is 300 g/mol. The van der Waals surface area contributed by atoms with Crippen LogP contribution < -0.4 is 10.6 Å². The monoisotopic (exact) mass is 300 g/mol. The maximum absolute atomic E-state index is 3.73. The molecule has 2 fully saturated rings. The Hall–Kier alpha value is -0.860. The van der Waals surface area contributed by atoms with Crippen molar-refractivity contribution >= 4 is 0 Å². The van der Waals surface area contributed by atoms with Gasteiger partial charge in [-0.1, -0.05) is 62.4 Å². The molecular weight excluding hydrogens is 268 g/mol. The minimum atomic E-state index is 0.341. The second-order valence-corrected chi connectivity index (χ2v) is 7.49. The summed E-state index contributed by atoms with van der Waals surface area (Å²) in [7, 11) is 0. The van der Waals surface area contributed by atoms with Crippen LogP contribution in [0.15, 0.2) is 24.3 Å². The van der Waals surface area contributed by atoms with Gasteiger partial charge in [-0.2, -0.15) is 0 Å². The molecule has 1 aliphatic carbocycles. The van der Waals surface area contributed by atoms with Gasteiger partial charge < -0.3 is 0 Å². The fourth-order valence-electron chi connectivity index (χ4n) is 4.37. The Morgan fingerprint density at radius 1 is 0.909 bits per heavy atom. The average Bonchev–Trinajstić information content (AvgIpc) is 2.57. The van der Waals surface area contributed by atoms with Crippen LogP contribution in [0.25, 0.3) is 0 Å². The van der Waals surface area contributed by atoms with E-state index < -0.39 is 0 Å². The van der Waals surface area contributed by atoms with Crippen molar-refractivity contribution in [2.45, 2.75) is 58.5 Å². The van der Waals surface area contributed by atoms with E-state index in [9.17, 15) is 0 Å². The molecule has 1 heterocycles. The predicted molar refractivity (Wildman–Crippen MR) is 93.8 cm³/mol.